The van der Waals surface area contributed by atoms with E-state index < -0.39 is 5.60 Å². The third kappa shape index (κ3) is 1.76. The highest BCUT2D eigenvalue weighted by Gasteiger charge is 2.67. The molecule has 0 aromatic carbocycles. The average molecular weight is 253 g/mol. The van der Waals surface area contributed by atoms with Crippen LogP contribution in [-0.4, -0.2) is 35.2 Å². The lowest BCUT2D eigenvalue weighted by Crippen LogP contribution is -2.53. The lowest BCUT2D eigenvalue weighted by atomic mass is 9.59. The van der Waals surface area contributed by atoms with E-state index in [0.717, 1.165) is 25.6 Å². The van der Waals surface area contributed by atoms with Crippen molar-refractivity contribution < 1.29 is 5.11 Å². The maximum absolute atomic E-state index is 11.1. The molecule has 0 heterocycles. The third-order valence-corrected chi connectivity index (χ3v) is 6.72. The predicted molar refractivity (Wildman–Crippen MR) is 76.6 cm³/mol. The van der Waals surface area contributed by atoms with E-state index in [1.54, 1.807) is 0 Å². The largest absolute Gasteiger partial charge is 0.389 e. The summed E-state index contributed by atoms with van der Waals surface area (Å²) in [6.07, 6.45) is 4.96. The van der Waals surface area contributed by atoms with E-state index in [9.17, 15) is 5.11 Å². The van der Waals surface area contributed by atoms with E-state index in [4.69, 9.17) is 0 Å². The van der Waals surface area contributed by atoms with Crippen LogP contribution in [0.4, 0.5) is 0 Å². The maximum Gasteiger partial charge on any atom is 0.0729 e. The zero-order chi connectivity index (χ0) is 13.6. The van der Waals surface area contributed by atoms with Gasteiger partial charge in [-0.3, -0.25) is 0 Å². The van der Waals surface area contributed by atoms with Crippen LogP contribution in [-0.2, 0) is 0 Å². The van der Waals surface area contributed by atoms with Crippen molar-refractivity contribution >= 4 is 0 Å². The minimum Gasteiger partial charge on any atom is -0.389 e. The molecule has 2 heteroatoms. The van der Waals surface area contributed by atoms with Crippen LogP contribution >= 0.6 is 0 Å². The Morgan fingerprint density at radius 2 is 1.78 bits per heavy atom. The highest BCUT2D eigenvalue weighted by atomic mass is 16.3. The Hall–Kier alpha value is -0.0800. The summed E-state index contributed by atoms with van der Waals surface area (Å²) in [5.74, 6) is 0.726. The van der Waals surface area contributed by atoms with Gasteiger partial charge in [0.1, 0.15) is 0 Å². The molecule has 0 radical (unpaired) electrons. The summed E-state index contributed by atoms with van der Waals surface area (Å²) < 4.78 is 0. The molecule has 2 bridgehead atoms. The van der Waals surface area contributed by atoms with Crippen molar-refractivity contribution in [1.29, 1.82) is 0 Å². The zero-order valence-electron chi connectivity index (χ0n) is 12.9. The average Bonchev–Trinajstić information content (AvgIpc) is 2.80. The molecule has 2 unspecified atom stereocenters. The molecule has 0 amide bonds. The van der Waals surface area contributed by atoms with Crippen LogP contribution in [0.15, 0.2) is 0 Å². The number of aliphatic hydroxyl groups is 1. The van der Waals surface area contributed by atoms with Gasteiger partial charge in [0.25, 0.3) is 0 Å². The first-order valence-corrected chi connectivity index (χ1v) is 7.75. The fourth-order valence-electron chi connectivity index (χ4n) is 4.65. The quantitative estimate of drug-likeness (QED) is 0.812. The van der Waals surface area contributed by atoms with E-state index >= 15 is 0 Å². The topological polar surface area (TPSA) is 23.5 Å². The number of nitrogens with zero attached hydrogens (tertiary/aromatic N) is 1. The molecule has 0 spiro atoms. The summed E-state index contributed by atoms with van der Waals surface area (Å²) >= 11 is 0. The van der Waals surface area contributed by atoms with Gasteiger partial charge in [0.15, 0.2) is 0 Å². The van der Waals surface area contributed by atoms with E-state index in [2.05, 4.69) is 39.5 Å². The van der Waals surface area contributed by atoms with Crippen LogP contribution < -0.4 is 0 Å². The van der Waals surface area contributed by atoms with Crippen molar-refractivity contribution in [3.8, 4) is 0 Å². The van der Waals surface area contributed by atoms with Crippen molar-refractivity contribution in [2.45, 2.75) is 65.9 Å². The van der Waals surface area contributed by atoms with Gasteiger partial charge in [0.05, 0.1) is 5.60 Å². The minimum atomic E-state index is -0.490. The molecule has 0 aromatic rings. The van der Waals surface area contributed by atoms with E-state index in [1.165, 1.54) is 25.7 Å². The van der Waals surface area contributed by atoms with Crippen molar-refractivity contribution in [2.75, 3.05) is 19.6 Å². The van der Waals surface area contributed by atoms with Crippen LogP contribution in [0.3, 0.4) is 0 Å². The highest BCUT2D eigenvalue weighted by molar-refractivity contribution is 5.17. The normalized spacial score (nSPS) is 41.8. The van der Waals surface area contributed by atoms with Crippen LogP contribution in [0.5, 0.6) is 0 Å². The standard InChI is InChI=1S/C16H31NO/c1-6-17(7-2)11-10-16-9-8-13(12-16)14(3,4)15(16,5)18/h13,18H,6-12H2,1-5H3/t13?,15-,16?/m0/s1. The van der Waals surface area contributed by atoms with Gasteiger partial charge in [-0.25, -0.2) is 0 Å². The molecule has 3 atom stereocenters. The summed E-state index contributed by atoms with van der Waals surface area (Å²) in [6, 6.07) is 0. The molecular weight excluding hydrogens is 222 g/mol. The first-order valence-electron chi connectivity index (χ1n) is 7.75. The van der Waals surface area contributed by atoms with Gasteiger partial charge in [-0.1, -0.05) is 27.7 Å². The summed E-state index contributed by atoms with van der Waals surface area (Å²) in [5.41, 5.74) is -0.214. The van der Waals surface area contributed by atoms with Crippen LogP contribution in [0.25, 0.3) is 0 Å². The first-order chi connectivity index (χ1) is 8.30. The molecule has 18 heavy (non-hydrogen) atoms. The minimum absolute atomic E-state index is 0.0918. The number of rotatable bonds is 5. The lowest BCUT2D eigenvalue weighted by molar-refractivity contribution is -0.139. The smallest absolute Gasteiger partial charge is 0.0729 e. The number of fused-ring (bicyclic) bond motifs is 2. The third-order valence-electron chi connectivity index (χ3n) is 6.72. The summed E-state index contributed by atoms with van der Waals surface area (Å²) in [4.78, 5) is 2.49. The van der Waals surface area contributed by atoms with Gasteiger partial charge in [-0.05, 0) is 63.6 Å². The van der Waals surface area contributed by atoms with Gasteiger partial charge in [0.2, 0.25) is 0 Å². The summed E-state index contributed by atoms with van der Waals surface area (Å²) in [6.45, 7) is 14.5. The van der Waals surface area contributed by atoms with Crippen LogP contribution in [0.1, 0.15) is 60.3 Å². The second kappa shape index (κ2) is 4.49. The molecule has 1 N–H and O–H groups in total. The van der Waals surface area contributed by atoms with Crippen molar-refractivity contribution in [2.24, 2.45) is 16.7 Å². The SMILES string of the molecule is CCN(CC)CCC12CCC(C1)C(C)(C)[C@]2(C)O. The Labute approximate surface area is 113 Å². The molecule has 2 aliphatic carbocycles. The van der Waals surface area contributed by atoms with Crippen molar-refractivity contribution in [1.82, 2.24) is 4.90 Å². The highest BCUT2D eigenvalue weighted by Crippen LogP contribution is 2.69. The zero-order valence-corrected chi connectivity index (χ0v) is 12.9. The Kier molecular flexibility index (Phi) is 3.57. The molecular formula is C16H31NO. The van der Waals surface area contributed by atoms with E-state index in [1.807, 2.05) is 0 Å². The Morgan fingerprint density at radius 1 is 1.17 bits per heavy atom. The van der Waals surface area contributed by atoms with Gasteiger partial charge in [-0.2, -0.15) is 0 Å². The predicted octanol–water partition coefficient (Wildman–Crippen LogP) is 3.30. The number of hydrogen-bond donors (Lipinski definition) is 1. The molecule has 2 aliphatic rings. The Morgan fingerprint density at radius 3 is 2.22 bits per heavy atom. The fraction of sp³-hybridized carbons (Fsp3) is 1.00. The van der Waals surface area contributed by atoms with Crippen LogP contribution in [0.2, 0.25) is 0 Å². The van der Waals surface area contributed by atoms with Gasteiger partial charge < -0.3 is 10.0 Å². The maximum atomic E-state index is 11.1. The lowest BCUT2D eigenvalue weighted by Gasteiger charge is -2.50. The molecule has 2 saturated carbocycles. The second-order valence-corrected chi connectivity index (χ2v) is 7.29. The molecule has 2 fully saturated rings. The molecule has 106 valence electrons. The molecule has 0 aliphatic heterocycles. The Bertz CT molecular complexity index is 306. The van der Waals surface area contributed by atoms with E-state index in [0.29, 0.717) is 0 Å². The second-order valence-electron chi connectivity index (χ2n) is 7.29. The monoisotopic (exact) mass is 253 g/mol. The van der Waals surface area contributed by atoms with Crippen molar-refractivity contribution in [3.05, 3.63) is 0 Å². The summed E-state index contributed by atoms with van der Waals surface area (Å²) in [5, 5.41) is 11.1. The summed E-state index contributed by atoms with van der Waals surface area (Å²) in [7, 11) is 0. The Balaban J connectivity index is 2.12. The number of hydrogen-bond acceptors (Lipinski definition) is 2. The van der Waals surface area contributed by atoms with Crippen molar-refractivity contribution in [3.63, 3.8) is 0 Å². The fourth-order valence-corrected chi connectivity index (χ4v) is 4.65. The first kappa shape index (κ1) is 14.3. The molecule has 2 rings (SSSR count). The molecule has 0 aromatic heterocycles. The van der Waals surface area contributed by atoms with E-state index in [-0.39, 0.29) is 10.8 Å². The van der Waals surface area contributed by atoms with Gasteiger partial charge in [-0.15, -0.1) is 0 Å². The molecule has 0 saturated heterocycles. The van der Waals surface area contributed by atoms with Crippen LogP contribution in [0, 0.1) is 16.7 Å². The van der Waals surface area contributed by atoms with Gasteiger partial charge >= 0.3 is 0 Å². The van der Waals surface area contributed by atoms with Gasteiger partial charge in [0, 0.05) is 5.41 Å². The molecule has 2 nitrogen and oxygen atoms in total.